The largest absolute Gasteiger partial charge is 0.407 e. The summed E-state index contributed by atoms with van der Waals surface area (Å²) < 4.78 is 5.67. The summed E-state index contributed by atoms with van der Waals surface area (Å²) in [6.07, 6.45) is 5.39. The van der Waals surface area contributed by atoms with Crippen LogP contribution < -0.4 is 10.6 Å². The predicted molar refractivity (Wildman–Crippen MR) is 73.7 cm³/mol. The van der Waals surface area contributed by atoms with Gasteiger partial charge < -0.3 is 15.1 Å². The van der Waals surface area contributed by atoms with Crippen molar-refractivity contribution in [3.8, 4) is 0 Å². The molecule has 1 aromatic rings. The van der Waals surface area contributed by atoms with E-state index in [2.05, 4.69) is 41.6 Å². The Kier molecular flexibility index (Phi) is 3.25. The molecule has 0 bridgehead atoms. The maximum atomic E-state index is 5.67. The third-order valence-electron chi connectivity index (χ3n) is 3.79. The molecule has 0 unspecified atom stereocenters. The van der Waals surface area contributed by atoms with Crippen LogP contribution in [0.3, 0.4) is 0 Å². The zero-order valence-corrected chi connectivity index (χ0v) is 12.1. The van der Waals surface area contributed by atoms with Crippen LogP contribution in [0.1, 0.15) is 52.3 Å². The number of aromatic nitrogens is 2. The van der Waals surface area contributed by atoms with Crippen molar-refractivity contribution in [2.24, 2.45) is 11.8 Å². The highest BCUT2D eigenvalue weighted by Crippen LogP contribution is 2.45. The van der Waals surface area contributed by atoms with Gasteiger partial charge in [-0.1, -0.05) is 5.10 Å². The molecular weight excluding hydrogens is 240 g/mol. The molecule has 1 aromatic heterocycles. The summed E-state index contributed by atoms with van der Waals surface area (Å²) in [5.41, 5.74) is 0.0621. The SMILES string of the molecule is CC(C)(C)NCc1nnc(NC(C2CC2)C2CC2)o1. The van der Waals surface area contributed by atoms with Crippen LogP contribution in [-0.4, -0.2) is 21.8 Å². The summed E-state index contributed by atoms with van der Waals surface area (Å²) in [5.74, 6) is 2.31. The molecule has 0 aliphatic heterocycles. The van der Waals surface area contributed by atoms with Gasteiger partial charge in [-0.3, -0.25) is 0 Å². The van der Waals surface area contributed by atoms with Gasteiger partial charge in [-0.15, -0.1) is 5.10 Å². The van der Waals surface area contributed by atoms with Crippen LogP contribution in [0, 0.1) is 11.8 Å². The Morgan fingerprint density at radius 1 is 1.16 bits per heavy atom. The molecular formula is C14H24N4O. The molecule has 3 rings (SSSR count). The molecule has 0 saturated heterocycles. The second kappa shape index (κ2) is 4.78. The zero-order chi connectivity index (χ0) is 13.5. The molecule has 19 heavy (non-hydrogen) atoms. The first-order valence-corrected chi connectivity index (χ1v) is 7.35. The summed E-state index contributed by atoms with van der Waals surface area (Å²) in [4.78, 5) is 0. The average Bonchev–Trinajstić information content (AvgIpc) is 3.22. The van der Waals surface area contributed by atoms with Crippen molar-refractivity contribution in [2.45, 2.75) is 64.6 Å². The molecule has 0 atom stereocenters. The smallest absolute Gasteiger partial charge is 0.315 e. The molecule has 2 fully saturated rings. The fourth-order valence-corrected chi connectivity index (χ4v) is 2.40. The van der Waals surface area contributed by atoms with Crippen molar-refractivity contribution < 1.29 is 4.42 Å². The van der Waals surface area contributed by atoms with Crippen LogP contribution >= 0.6 is 0 Å². The fraction of sp³-hybridized carbons (Fsp3) is 0.857. The minimum atomic E-state index is 0.0621. The highest BCUT2D eigenvalue weighted by molar-refractivity contribution is 5.23. The molecule has 2 saturated carbocycles. The maximum Gasteiger partial charge on any atom is 0.315 e. The number of hydrogen-bond acceptors (Lipinski definition) is 5. The third kappa shape index (κ3) is 3.69. The standard InChI is InChI=1S/C14H24N4O/c1-14(2,3)15-8-11-17-18-13(19-11)16-12(9-4-5-9)10-6-7-10/h9-10,12,15H,4-8H2,1-3H3,(H,16,18). The maximum absolute atomic E-state index is 5.67. The predicted octanol–water partition coefficient (Wildman–Crippen LogP) is 2.56. The lowest BCUT2D eigenvalue weighted by Crippen LogP contribution is -2.35. The summed E-state index contributed by atoms with van der Waals surface area (Å²) in [6.45, 7) is 6.99. The van der Waals surface area contributed by atoms with Crippen LogP contribution in [0.2, 0.25) is 0 Å². The lowest BCUT2D eigenvalue weighted by molar-refractivity contribution is 0.382. The Balaban J connectivity index is 1.55. The van der Waals surface area contributed by atoms with Crippen molar-refractivity contribution in [1.29, 1.82) is 0 Å². The minimum absolute atomic E-state index is 0.0621. The summed E-state index contributed by atoms with van der Waals surface area (Å²) in [7, 11) is 0. The quantitative estimate of drug-likeness (QED) is 0.826. The van der Waals surface area contributed by atoms with E-state index in [0.29, 0.717) is 24.5 Å². The summed E-state index contributed by atoms with van der Waals surface area (Å²) in [6, 6.07) is 1.15. The molecule has 5 nitrogen and oxygen atoms in total. The van der Waals surface area contributed by atoms with E-state index < -0.39 is 0 Å². The average molecular weight is 264 g/mol. The van der Waals surface area contributed by atoms with Gasteiger partial charge in [-0.2, -0.15) is 0 Å². The molecule has 106 valence electrons. The van der Waals surface area contributed by atoms with Crippen LogP contribution in [0.5, 0.6) is 0 Å². The first-order valence-electron chi connectivity index (χ1n) is 7.35. The second-order valence-electron chi connectivity index (χ2n) is 6.95. The molecule has 0 radical (unpaired) electrons. The summed E-state index contributed by atoms with van der Waals surface area (Å²) >= 11 is 0. The van der Waals surface area contributed by atoms with Gasteiger partial charge in [-0.05, 0) is 58.3 Å². The van der Waals surface area contributed by atoms with Gasteiger partial charge in [0.15, 0.2) is 0 Å². The fourth-order valence-electron chi connectivity index (χ4n) is 2.40. The second-order valence-corrected chi connectivity index (χ2v) is 6.95. The number of rotatable bonds is 6. The monoisotopic (exact) mass is 264 g/mol. The highest BCUT2D eigenvalue weighted by atomic mass is 16.4. The van der Waals surface area contributed by atoms with Gasteiger partial charge in [0.25, 0.3) is 0 Å². The Bertz CT molecular complexity index is 417. The third-order valence-corrected chi connectivity index (χ3v) is 3.79. The van der Waals surface area contributed by atoms with E-state index in [4.69, 9.17) is 4.42 Å². The van der Waals surface area contributed by atoms with Crippen molar-refractivity contribution in [3.05, 3.63) is 5.89 Å². The molecule has 2 aliphatic rings. The van der Waals surface area contributed by atoms with Crippen LogP contribution in [0.4, 0.5) is 6.01 Å². The molecule has 1 heterocycles. The van der Waals surface area contributed by atoms with Crippen LogP contribution in [0.15, 0.2) is 4.42 Å². The van der Waals surface area contributed by atoms with E-state index in [1.807, 2.05) is 0 Å². The molecule has 5 heteroatoms. The first kappa shape index (κ1) is 12.9. The van der Waals surface area contributed by atoms with Gasteiger partial charge >= 0.3 is 6.01 Å². The van der Waals surface area contributed by atoms with E-state index in [-0.39, 0.29) is 5.54 Å². The van der Waals surface area contributed by atoms with Crippen molar-refractivity contribution in [1.82, 2.24) is 15.5 Å². The van der Waals surface area contributed by atoms with E-state index >= 15 is 0 Å². The van der Waals surface area contributed by atoms with E-state index in [9.17, 15) is 0 Å². The number of nitrogens with zero attached hydrogens (tertiary/aromatic N) is 2. The van der Waals surface area contributed by atoms with Gasteiger partial charge in [0.05, 0.1) is 6.54 Å². The van der Waals surface area contributed by atoms with E-state index in [1.54, 1.807) is 0 Å². The lowest BCUT2D eigenvalue weighted by Gasteiger charge is -2.18. The normalized spacial score (nSPS) is 20.0. The molecule has 2 N–H and O–H groups in total. The molecule has 0 spiro atoms. The van der Waals surface area contributed by atoms with Gasteiger partial charge in [-0.25, -0.2) is 0 Å². The van der Waals surface area contributed by atoms with Crippen LogP contribution in [-0.2, 0) is 6.54 Å². The molecule has 2 aliphatic carbocycles. The first-order chi connectivity index (χ1) is 9.01. The van der Waals surface area contributed by atoms with Gasteiger partial charge in [0, 0.05) is 11.6 Å². The van der Waals surface area contributed by atoms with Crippen molar-refractivity contribution in [2.75, 3.05) is 5.32 Å². The Morgan fingerprint density at radius 3 is 2.32 bits per heavy atom. The highest BCUT2D eigenvalue weighted by Gasteiger charge is 2.42. The number of nitrogens with one attached hydrogen (secondary N) is 2. The number of anilines is 1. The van der Waals surface area contributed by atoms with Gasteiger partial charge in [0.2, 0.25) is 5.89 Å². The Morgan fingerprint density at radius 2 is 1.79 bits per heavy atom. The van der Waals surface area contributed by atoms with Crippen LogP contribution in [0.25, 0.3) is 0 Å². The topological polar surface area (TPSA) is 63.0 Å². The lowest BCUT2D eigenvalue weighted by atomic mass is 10.1. The number of hydrogen-bond donors (Lipinski definition) is 2. The van der Waals surface area contributed by atoms with E-state index in [1.165, 1.54) is 25.7 Å². The van der Waals surface area contributed by atoms with Gasteiger partial charge in [0.1, 0.15) is 0 Å². The zero-order valence-electron chi connectivity index (χ0n) is 12.1. The Labute approximate surface area is 114 Å². The summed E-state index contributed by atoms with van der Waals surface area (Å²) in [5, 5.41) is 15.0. The molecule has 0 aromatic carbocycles. The van der Waals surface area contributed by atoms with Crippen molar-refractivity contribution >= 4 is 6.01 Å². The molecule has 0 amide bonds. The Hall–Kier alpha value is -1.10. The van der Waals surface area contributed by atoms with E-state index in [0.717, 1.165) is 11.8 Å². The van der Waals surface area contributed by atoms with Crippen molar-refractivity contribution in [3.63, 3.8) is 0 Å². The minimum Gasteiger partial charge on any atom is -0.407 e.